The fraction of sp³-hybridized carbons (Fsp3) is 0.148. The van der Waals surface area contributed by atoms with E-state index in [0.717, 1.165) is 26.7 Å². The van der Waals surface area contributed by atoms with Gasteiger partial charge in [0.15, 0.2) is 17.3 Å². The van der Waals surface area contributed by atoms with Gasteiger partial charge in [0.1, 0.15) is 6.61 Å². The Kier molecular flexibility index (Phi) is 9.13. The molecule has 0 unspecified atom stereocenters. The first-order valence-corrected chi connectivity index (χ1v) is 13.9. The lowest BCUT2D eigenvalue weighted by atomic mass is 10.1. The van der Waals surface area contributed by atoms with Gasteiger partial charge in [0.05, 0.1) is 22.5 Å². The van der Waals surface area contributed by atoms with Gasteiger partial charge in [0.25, 0.3) is 11.1 Å². The van der Waals surface area contributed by atoms with Crippen molar-refractivity contribution in [3.05, 3.63) is 96.2 Å². The Bertz CT molecular complexity index is 1390. The van der Waals surface area contributed by atoms with Crippen molar-refractivity contribution in [1.82, 2.24) is 4.90 Å². The van der Waals surface area contributed by atoms with E-state index in [0.29, 0.717) is 38.7 Å². The predicted molar refractivity (Wildman–Crippen MR) is 152 cm³/mol. The van der Waals surface area contributed by atoms with E-state index in [4.69, 9.17) is 21.1 Å². The first-order valence-electron chi connectivity index (χ1n) is 11.1. The number of ether oxygens (including phenoxy) is 2. The van der Waals surface area contributed by atoms with Gasteiger partial charge in [0, 0.05) is 20.6 Å². The van der Waals surface area contributed by atoms with Crippen molar-refractivity contribution < 1.29 is 23.9 Å². The number of Topliss-reactive ketones (excluding diaryl/α,β-unsaturated/α-hetero) is 1. The SMILES string of the molecule is CCOc1cc(/C=C2/SC(=O)N(CC(=O)c3ccc(Br)cc3)C2=O)cc(Br)c1OCc1ccccc1Cl. The predicted octanol–water partition coefficient (Wildman–Crippen LogP) is 7.76. The molecule has 1 heterocycles. The highest BCUT2D eigenvalue weighted by Crippen LogP contribution is 2.40. The lowest BCUT2D eigenvalue weighted by Crippen LogP contribution is -2.33. The van der Waals surface area contributed by atoms with Crippen LogP contribution in [0.5, 0.6) is 11.5 Å². The molecule has 1 fully saturated rings. The molecule has 0 N–H and O–H groups in total. The second-order valence-electron chi connectivity index (χ2n) is 7.84. The zero-order valence-corrected chi connectivity index (χ0v) is 24.2. The first-order chi connectivity index (χ1) is 17.8. The van der Waals surface area contributed by atoms with Crippen molar-refractivity contribution >= 4 is 78.2 Å². The molecule has 2 amide bonds. The fourth-order valence-electron chi connectivity index (χ4n) is 3.50. The Morgan fingerprint density at radius 1 is 1.05 bits per heavy atom. The maximum absolute atomic E-state index is 13.0. The van der Waals surface area contributed by atoms with Gasteiger partial charge in [-0.1, -0.05) is 57.9 Å². The number of hydrogen-bond acceptors (Lipinski definition) is 6. The molecule has 37 heavy (non-hydrogen) atoms. The topological polar surface area (TPSA) is 72.9 Å². The maximum atomic E-state index is 13.0. The number of hydrogen-bond donors (Lipinski definition) is 0. The number of nitrogens with zero attached hydrogens (tertiary/aromatic N) is 1. The summed E-state index contributed by atoms with van der Waals surface area (Å²) >= 11 is 13.9. The molecule has 0 atom stereocenters. The molecular weight excluding hydrogens is 646 g/mol. The van der Waals surface area contributed by atoms with Crippen LogP contribution in [0, 0.1) is 0 Å². The van der Waals surface area contributed by atoms with Crippen LogP contribution < -0.4 is 9.47 Å². The normalized spacial score (nSPS) is 14.4. The monoisotopic (exact) mass is 663 g/mol. The van der Waals surface area contributed by atoms with Crippen molar-refractivity contribution in [1.29, 1.82) is 0 Å². The number of amides is 2. The number of carbonyl (C=O) groups excluding carboxylic acids is 3. The molecule has 10 heteroatoms. The van der Waals surface area contributed by atoms with Gasteiger partial charge in [-0.2, -0.15) is 0 Å². The van der Waals surface area contributed by atoms with Crippen LogP contribution in [0.1, 0.15) is 28.4 Å². The smallest absolute Gasteiger partial charge is 0.293 e. The molecule has 0 spiro atoms. The molecule has 3 aromatic carbocycles. The molecule has 0 radical (unpaired) electrons. The summed E-state index contributed by atoms with van der Waals surface area (Å²) in [6.45, 7) is 2.16. The second-order valence-corrected chi connectivity index (χ2v) is 11.0. The Morgan fingerprint density at radius 2 is 1.78 bits per heavy atom. The van der Waals surface area contributed by atoms with Gasteiger partial charge >= 0.3 is 0 Å². The Hall–Kier alpha value is -2.59. The largest absolute Gasteiger partial charge is 0.490 e. The van der Waals surface area contributed by atoms with Crippen LogP contribution in [-0.4, -0.2) is 35.0 Å². The summed E-state index contributed by atoms with van der Waals surface area (Å²) in [4.78, 5) is 39.3. The van der Waals surface area contributed by atoms with E-state index >= 15 is 0 Å². The van der Waals surface area contributed by atoms with Gasteiger partial charge in [-0.25, -0.2) is 0 Å². The molecule has 0 bridgehead atoms. The van der Waals surface area contributed by atoms with E-state index in [1.54, 1.807) is 48.5 Å². The van der Waals surface area contributed by atoms with Crippen molar-refractivity contribution in [3.8, 4) is 11.5 Å². The minimum absolute atomic E-state index is 0.215. The van der Waals surface area contributed by atoms with Crippen molar-refractivity contribution in [3.63, 3.8) is 0 Å². The van der Waals surface area contributed by atoms with Gasteiger partial charge < -0.3 is 9.47 Å². The standard InChI is InChI=1S/C27H20Br2ClNO5S/c1-2-35-23-12-16(11-20(29)25(23)36-15-18-5-3-4-6-21(18)30)13-24-26(33)31(27(34)37-24)14-22(32)17-7-9-19(28)10-8-17/h3-13H,2,14-15H2,1H3/b24-13+. The minimum Gasteiger partial charge on any atom is -0.490 e. The van der Waals surface area contributed by atoms with Gasteiger partial charge in [0.2, 0.25) is 0 Å². The van der Waals surface area contributed by atoms with Crippen molar-refractivity contribution in [2.24, 2.45) is 0 Å². The molecule has 190 valence electrons. The Labute approximate surface area is 240 Å². The Balaban J connectivity index is 1.53. The summed E-state index contributed by atoms with van der Waals surface area (Å²) in [5.41, 5.74) is 1.88. The zero-order chi connectivity index (χ0) is 26.5. The van der Waals surface area contributed by atoms with E-state index in [1.807, 2.05) is 25.1 Å². The summed E-state index contributed by atoms with van der Waals surface area (Å²) < 4.78 is 13.2. The maximum Gasteiger partial charge on any atom is 0.293 e. The van der Waals surface area contributed by atoms with Crippen LogP contribution in [0.25, 0.3) is 6.08 Å². The first kappa shape index (κ1) is 27.4. The third-order valence-electron chi connectivity index (χ3n) is 5.30. The molecule has 0 aromatic heterocycles. The van der Waals surface area contributed by atoms with Crippen LogP contribution in [0.4, 0.5) is 4.79 Å². The molecule has 1 saturated heterocycles. The number of benzene rings is 3. The summed E-state index contributed by atoms with van der Waals surface area (Å²) in [6, 6.07) is 17.7. The van der Waals surface area contributed by atoms with Gasteiger partial charge in [-0.05, 0) is 76.6 Å². The molecule has 1 aliphatic heterocycles. The van der Waals surface area contributed by atoms with Gasteiger partial charge in [-0.3, -0.25) is 19.3 Å². The highest BCUT2D eigenvalue weighted by molar-refractivity contribution is 9.10. The highest BCUT2D eigenvalue weighted by atomic mass is 79.9. The number of rotatable bonds is 9. The Morgan fingerprint density at radius 3 is 2.49 bits per heavy atom. The molecule has 1 aliphatic rings. The minimum atomic E-state index is -0.520. The van der Waals surface area contributed by atoms with Crippen LogP contribution in [0.15, 0.2) is 74.5 Å². The number of imide groups is 1. The molecule has 0 saturated carbocycles. The van der Waals surface area contributed by atoms with E-state index in [1.165, 1.54) is 0 Å². The molecule has 3 aromatic rings. The van der Waals surface area contributed by atoms with Gasteiger partial charge in [-0.15, -0.1) is 0 Å². The number of thioether (sulfide) groups is 1. The second kappa shape index (κ2) is 12.3. The van der Waals surface area contributed by atoms with Crippen LogP contribution >= 0.6 is 55.2 Å². The summed E-state index contributed by atoms with van der Waals surface area (Å²) in [5, 5.41) is 0.105. The third-order valence-corrected chi connectivity index (χ3v) is 7.69. The average molecular weight is 666 g/mol. The number of ketones is 1. The van der Waals surface area contributed by atoms with Crippen LogP contribution in [0.3, 0.4) is 0 Å². The van der Waals surface area contributed by atoms with E-state index in [2.05, 4.69) is 31.9 Å². The summed E-state index contributed by atoms with van der Waals surface area (Å²) in [5.74, 6) is 0.123. The number of halogens is 3. The van der Waals surface area contributed by atoms with Crippen LogP contribution in [-0.2, 0) is 11.4 Å². The molecule has 6 nitrogen and oxygen atoms in total. The molecule has 0 aliphatic carbocycles. The molecular formula is C27H20Br2ClNO5S. The fourth-order valence-corrected chi connectivity index (χ4v) is 5.37. The molecule has 4 rings (SSSR count). The van der Waals surface area contributed by atoms with Crippen molar-refractivity contribution in [2.75, 3.05) is 13.2 Å². The van der Waals surface area contributed by atoms with Crippen LogP contribution in [0.2, 0.25) is 5.02 Å². The number of carbonyl (C=O) groups is 3. The van der Waals surface area contributed by atoms with Crippen molar-refractivity contribution in [2.45, 2.75) is 13.5 Å². The summed E-state index contributed by atoms with van der Waals surface area (Å²) in [7, 11) is 0. The highest BCUT2D eigenvalue weighted by Gasteiger charge is 2.36. The lowest BCUT2D eigenvalue weighted by molar-refractivity contribution is -0.122. The third kappa shape index (κ3) is 6.65. The zero-order valence-electron chi connectivity index (χ0n) is 19.5. The quantitative estimate of drug-likeness (QED) is 0.172. The summed E-state index contributed by atoms with van der Waals surface area (Å²) in [6.07, 6.45) is 1.60. The average Bonchev–Trinajstić information content (AvgIpc) is 3.12. The lowest BCUT2D eigenvalue weighted by Gasteiger charge is -2.15. The van der Waals surface area contributed by atoms with E-state index in [-0.39, 0.29) is 23.8 Å². The van der Waals surface area contributed by atoms with E-state index in [9.17, 15) is 14.4 Å². The van der Waals surface area contributed by atoms with E-state index < -0.39 is 11.1 Å².